The Kier molecular flexibility index (Phi) is 4.57. The number of carbonyl (C=O) groups is 1. The van der Waals surface area contributed by atoms with Gasteiger partial charge in [0, 0.05) is 0 Å². The summed E-state index contributed by atoms with van der Waals surface area (Å²) >= 11 is 0. The van der Waals surface area contributed by atoms with Gasteiger partial charge in [0.2, 0.25) is 6.10 Å². The number of quaternary nitrogens is 1. The average molecular weight is 293 g/mol. The number of nitrogens with one attached hydrogen (secondary N) is 2. The van der Waals surface area contributed by atoms with Gasteiger partial charge in [-0.2, -0.15) is 0 Å². The first-order valence-electron chi connectivity index (χ1n) is 7.40. The van der Waals surface area contributed by atoms with Crippen molar-refractivity contribution >= 4 is 5.91 Å². The number of amides is 1. The number of fused-ring (bicyclic) bond motifs is 1. The first-order chi connectivity index (χ1) is 10.3. The van der Waals surface area contributed by atoms with Gasteiger partial charge in [0.05, 0.1) is 26.3 Å². The molecular formula is C15H21N2O4+. The van der Waals surface area contributed by atoms with Crippen LogP contribution in [0.25, 0.3) is 0 Å². The summed E-state index contributed by atoms with van der Waals surface area (Å²) in [5.41, 5.74) is 0. The maximum Gasteiger partial charge on any atom is 0.264 e. The molecule has 0 unspecified atom stereocenters. The third kappa shape index (κ3) is 3.65. The van der Waals surface area contributed by atoms with Crippen LogP contribution in [-0.2, 0) is 9.53 Å². The zero-order valence-corrected chi connectivity index (χ0v) is 12.0. The van der Waals surface area contributed by atoms with Crippen LogP contribution < -0.4 is 19.7 Å². The highest BCUT2D eigenvalue weighted by Crippen LogP contribution is 2.30. The van der Waals surface area contributed by atoms with E-state index in [-0.39, 0.29) is 12.5 Å². The van der Waals surface area contributed by atoms with Gasteiger partial charge < -0.3 is 24.4 Å². The Bertz CT molecular complexity index is 488. The molecule has 2 heterocycles. The van der Waals surface area contributed by atoms with Gasteiger partial charge in [-0.3, -0.25) is 4.79 Å². The minimum atomic E-state index is -0.570. The van der Waals surface area contributed by atoms with Crippen LogP contribution in [0, 0.1) is 0 Å². The fourth-order valence-corrected chi connectivity index (χ4v) is 2.54. The Labute approximate surface area is 124 Å². The summed E-state index contributed by atoms with van der Waals surface area (Å²) in [6.07, 6.45) is -0.570. The molecule has 1 aromatic rings. The van der Waals surface area contributed by atoms with Crippen molar-refractivity contribution in [2.45, 2.75) is 6.10 Å². The average Bonchev–Trinajstić information content (AvgIpc) is 2.55. The number of para-hydroxylation sites is 2. The number of morpholine rings is 1. The van der Waals surface area contributed by atoms with E-state index < -0.39 is 6.10 Å². The van der Waals surface area contributed by atoms with Crippen molar-refractivity contribution in [1.29, 1.82) is 0 Å². The van der Waals surface area contributed by atoms with Gasteiger partial charge >= 0.3 is 0 Å². The lowest BCUT2D eigenvalue weighted by Crippen LogP contribution is -3.14. The van der Waals surface area contributed by atoms with Gasteiger partial charge in [0.25, 0.3) is 5.91 Å². The molecule has 6 nitrogen and oxygen atoms in total. The highest BCUT2D eigenvalue weighted by Gasteiger charge is 2.27. The molecule has 2 aliphatic rings. The molecule has 114 valence electrons. The Morgan fingerprint density at radius 1 is 1.24 bits per heavy atom. The van der Waals surface area contributed by atoms with Crippen LogP contribution in [0.15, 0.2) is 24.3 Å². The smallest absolute Gasteiger partial charge is 0.264 e. The van der Waals surface area contributed by atoms with Gasteiger partial charge in [-0.15, -0.1) is 0 Å². The molecule has 0 radical (unpaired) electrons. The van der Waals surface area contributed by atoms with Crippen LogP contribution in [0.1, 0.15) is 0 Å². The SMILES string of the molecule is O=C(NCC[NH+]1CCOCC1)[C@H]1COc2ccccc2O1. The molecule has 6 heteroatoms. The van der Waals surface area contributed by atoms with Gasteiger partial charge in [0.15, 0.2) is 11.5 Å². The van der Waals surface area contributed by atoms with E-state index in [0.29, 0.717) is 18.0 Å². The van der Waals surface area contributed by atoms with Crippen molar-refractivity contribution < 1.29 is 23.9 Å². The van der Waals surface area contributed by atoms with Crippen molar-refractivity contribution in [2.75, 3.05) is 46.0 Å². The predicted molar refractivity (Wildman–Crippen MR) is 75.7 cm³/mol. The summed E-state index contributed by atoms with van der Waals surface area (Å²) in [6, 6.07) is 7.40. The number of ether oxygens (including phenoxy) is 3. The van der Waals surface area contributed by atoms with Crippen molar-refractivity contribution in [3.63, 3.8) is 0 Å². The molecule has 0 aliphatic carbocycles. The van der Waals surface area contributed by atoms with Crippen LogP contribution in [0.4, 0.5) is 0 Å². The molecule has 1 saturated heterocycles. The summed E-state index contributed by atoms with van der Waals surface area (Å²) < 4.78 is 16.5. The summed E-state index contributed by atoms with van der Waals surface area (Å²) in [4.78, 5) is 13.6. The van der Waals surface area contributed by atoms with E-state index >= 15 is 0 Å². The molecule has 2 N–H and O–H groups in total. The summed E-state index contributed by atoms with van der Waals surface area (Å²) in [7, 11) is 0. The van der Waals surface area contributed by atoms with E-state index in [1.165, 1.54) is 4.90 Å². The molecule has 0 aromatic heterocycles. The number of hydrogen-bond donors (Lipinski definition) is 2. The molecule has 0 saturated carbocycles. The fourth-order valence-electron chi connectivity index (χ4n) is 2.54. The van der Waals surface area contributed by atoms with Crippen LogP contribution >= 0.6 is 0 Å². The quantitative estimate of drug-likeness (QED) is 0.736. The molecule has 1 fully saturated rings. The maximum absolute atomic E-state index is 12.1. The minimum absolute atomic E-state index is 0.114. The van der Waals surface area contributed by atoms with E-state index in [0.717, 1.165) is 32.8 Å². The Balaban J connectivity index is 1.44. The van der Waals surface area contributed by atoms with Crippen molar-refractivity contribution in [3.05, 3.63) is 24.3 Å². The van der Waals surface area contributed by atoms with Crippen LogP contribution in [0.2, 0.25) is 0 Å². The second-order valence-corrected chi connectivity index (χ2v) is 5.27. The summed E-state index contributed by atoms with van der Waals surface area (Å²) in [5.74, 6) is 1.21. The van der Waals surface area contributed by atoms with Gasteiger partial charge in [-0.1, -0.05) is 12.1 Å². The highest BCUT2D eigenvalue weighted by molar-refractivity contribution is 5.81. The molecule has 1 amide bonds. The predicted octanol–water partition coefficient (Wildman–Crippen LogP) is -1.14. The van der Waals surface area contributed by atoms with E-state index in [2.05, 4.69) is 5.32 Å². The third-order valence-electron chi connectivity index (χ3n) is 3.78. The molecular weight excluding hydrogens is 272 g/mol. The van der Waals surface area contributed by atoms with Gasteiger partial charge in [0.1, 0.15) is 19.7 Å². The summed E-state index contributed by atoms with van der Waals surface area (Å²) in [5, 5.41) is 2.92. The van der Waals surface area contributed by atoms with Crippen molar-refractivity contribution in [1.82, 2.24) is 5.32 Å². The second kappa shape index (κ2) is 6.78. The second-order valence-electron chi connectivity index (χ2n) is 5.27. The Hall–Kier alpha value is -1.79. The molecule has 2 aliphatic heterocycles. The lowest BCUT2D eigenvalue weighted by molar-refractivity contribution is -0.906. The number of carbonyl (C=O) groups excluding carboxylic acids is 1. The number of benzene rings is 1. The highest BCUT2D eigenvalue weighted by atomic mass is 16.6. The van der Waals surface area contributed by atoms with E-state index in [9.17, 15) is 4.79 Å². The largest absolute Gasteiger partial charge is 0.485 e. The standard InChI is InChI=1S/C15H20N2O4/c18-15(16-5-6-17-7-9-19-10-8-17)14-11-20-12-3-1-2-4-13(12)21-14/h1-4,14H,5-11H2,(H,16,18)/p+1/t14-/m1/s1. The van der Waals surface area contributed by atoms with Gasteiger partial charge in [-0.25, -0.2) is 0 Å². The van der Waals surface area contributed by atoms with Gasteiger partial charge in [-0.05, 0) is 12.1 Å². The maximum atomic E-state index is 12.1. The Morgan fingerprint density at radius 3 is 2.81 bits per heavy atom. The fraction of sp³-hybridized carbons (Fsp3) is 0.533. The monoisotopic (exact) mass is 293 g/mol. The minimum Gasteiger partial charge on any atom is -0.485 e. The zero-order valence-electron chi connectivity index (χ0n) is 12.0. The number of rotatable bonds is 4. The van der Waals surface area contributed by atoms with Crippen molar-refractivity contribution in [2.24, 2.45) is 0 Å². The first-order valence-corrected chi connectivity index (χ1v) is 7.40. The molecule has 0 bridgehead atoms. The number of hydrogen-bond acceptors (Lipinski definition) is 4. The normalized spacial score (nSPS) is 21.8. The van der Waals surface area contributed by atoms with Crippen LogP contribution in [-0.4, -0.2) is 58.0 Å². The molecule has 1 aromatic carbocycles. The zero-order chi connectivity index (χ0) is 14.5. The van der Waals surface area contributed by atoms with Crippen LogP contribution in [0.3, 0.4) is 0 Å². The molecule has 0 spiro atoms. The topological polar surface area (TPSA) is 61.2 Å². The molecule has 21 heavy (non-hydrogen) atoms. The molecule has 1 atom stereocenters. The van der Waals surface area contributed by atoms with E-state index in [1.54, 1.807) is 0 Å². The van der Waals surface area contributed by atoms with Crippen molar-refractivity contribution in [3.8, 4) is 11.5 Å². The van der Waals surface area contributed by atoms with E-state index in [1.807, 2.05) is 24.3 Å². The summed E-state index contributed by atoms with van der Waals surface area (Å²) in [6.45, 7) is 5.44. The Morgan fingerprint density at radius 2 is 2.00 bits per heavy atom. The van der Waals surface area contributed by atoms with Crippen LogP contribution in [0.5, 0.6) is 11.5 Å². The first kappa shape index (κ1) is 14.2. The lowest BCUT2D eigenvalue weighted by atomic mass is 10.2. The van der Waals surface area contributed by atoms with E-state index in [4.69, 9.17) is 14.2 Å². The lowest BCUT2D eigenvalue weighted by Gasteiger charge is -2.26. The third-order valence-corrected chi connectivity index (χ3v) is 3.78. The molecule has 3 rings (SSSR count).